The number of benzene rings is 1. The first kappa shape index (κ1) is 13.2. The first-order chi connectivity index (χ1) is 8.65. The van der Waals surface area contributed by atoms with Crippen molar-refractivity contribution < 1.29 is 5.11 Å². The first-order valence-electron chi connectivity index (χ1n) is 6.29. The van der Waals surface area contributed by atoms with Gasteiger partial charge in [0.15, 0.2) is 0 Å². The van der Waals surface area contributed by atoms with Crippen LogP contribution >= 0.6 is 11.3 Å². The van der Waals surface area contributed by atoms with Crippen LogP contribution in [0.1, 0.15) is 35.5 Å². The molecule has 3 heteroatoms. The lowest BCUT2D eigenvalue weighted by atomic mass is 9.94. The normalized spacial score (nSPS) is 14.4. The molecule has 2 unspecified atom stereocenters. The van der Waals surface area contributed by atoms with Gasteiger partial charge in [0.25, 0.3) is 0 Å². The molecule has 0 radical (unpaired) electrons. The highest BCUT2D eigenvalue weighted by molar-refractivity contribution is 7.09. The molecule has 0 amide bonds. The molecule has 1 heterocycles. The third kappa shape index (κ3) is 3.65. The second-order valence-electron chi connectivity index (χ2n) is 4.79. The lowest BCUT2D eigenvalue weighted by molar-refractivity contribution is 0.157. The molecule has 2 nitrogen and oxygen atoms in total. The minimum Gasteiger partial charge on any atom is -0.393 e. The van der Waals surface area contributed by atoms with Gasteiger partial charge in [0.1, 0.15) is 0 Å². The Morgan fingerprint density at radius 2 is 2.00 bits per heavy atom. The standard InChI is InChI=1S/C15H19NOS/c1-11(13-6-4-3-5-7-13)8-14(17)9-15-16-12(2)10-18-15/h3-7,10-11,14,17H,8-9H2,1-2H3. The van der Waals surface area contributed by atoms with E-state index in [4.69, 9.17) is 0 Å². The first-order valence-corrected chi connectivity index (χ1v) is 7.17. The van der Waals surface area contributed by atoms with Crippen molar-refractivity contribution in [3.05, 3.63) is 52.0 Å². The van der Waals surface area contributed by atoms with Crippen LogP contribution in [0.2, 0.25) is 0 Å². The second-order valence-corrected chi connectivity index (χ2v) is 5.73. The van der Waals surface area contributed by atoms with Crippen LogP contribution in [-0.4, -0.2) is 16.2 Å². The van der Waals surface area contributed by atoms with Crippen LogP contribution in [0, 0.1) is 6.92 Å². The summed E-state index contributed by atoms with van der Waals surface area (Å²) < 4.78 is 0. The predicted molar refractivity (Wildman–Crippen MR) is 76.0 cm³/mol. The summed E-state index contributed by atoms with van der Waals surface area (Å²) in [5.41, 5.74) is 2.32. The molecule has 2 atom stereocenters. The van der Waals surface area contributed by atoms with Crippen LogP contribution in [-0.2, 0) is 6.42 Å². The molecule has 0 aliphatic carbocycles. The number of aromatic nitrogens is 1. The summed E-state index contributed by atoms with van der Waals surface area (Å²) in [6.07, 6.45) is 1.13. The summed E-state index contributed by atoms with van der Waals surface area (Å²) in [5.74, 6) is 0.377. The van der Waals surface area contributed by atoms with E-state index >= 15 is 0 Å². The maximum Gasteiger partial charge on any atom is 0.0953 e. The average Bonchev–Trinajstić information content (AvgIpc) is 2.75. The fraction of sp³-hybridized carbons (Fsp3) is 0.400. The molecule has 2 rings (SSSR count). The molecule has 1 aromatic carbocycles. The van der Waals surface area contributed by atoms with E-state index in [-0.39, 0.29) is 6.10 Å². The van der Waals surface area contributed by atoms with Gasteiger partial charge < -0.3 is 5.11 Å². The topological polar surface area (TPSA) is 33.1 Å². The van der Waals surface area contributed by atoms with E-state index in [0.717, 1.165) is 17.1 Å². The Bertz CT molecular complexity index is 480. The van der Waals surface area contributed by atoms with E-state index < -0.39 is 0 Å². The van der Waals surface area contributed by atoms with E-state index in [9.17, 15) is 5.11 Å². The highest BCUT2D eigenvalue weighted by Crippen LogP contribution is 2.22. The number of hydrogen-bond donors (Lipinski definition) is 1. The minimum atomic E-state index is -0.314. The predicted octanol–water partition coefficient (Wildman–Crippen LogP) is 3.55. The minimum absolute atomic E-state index is 0.314. The Morgan fingerprint density at radius 1 is 1.28 bits per heavy atom. The molecule has 0 spiro atoms. The van der Waals surface area contributed by atoms with Gasteiger partial charge in [-0.25, -0.2) is 4.98 Å². The van der Waals surface area contributed by atoms with Crippen LogP contribution in [0.4, 0.5) is 0 Å². The van der Waals surface area contributed by atoms with Crippen molar-refractivity contribution in [3.8, 4) is 0 Å². The van der Waals surface area contributed by atoms with Crippen molar-refractivity contribution in [2.24, 2.45) is 0 Å². The van der Waals surface area contributed by atoms with Crippen molar-refractivity contribution in [2.75, 3.05) is 0 Å². The van der Waals surface area contributed by atoms with Crippen molar-refractivity contribution in [1.82, 2.24) is 4.98 Å². The van der Waals surface area contributed by atoms with Crippen LogP contribution in [0.15, 0.2) is 35.7 Å². The van der Waals surface area contributed by atoms with Gasteiger partial charge in [-0.3, -0.25) is 0 Å². The van der Waals surface area contributed by atoms with Gasteiger partial charge in [-0.05, 0) is 24.8 Å². The lowest BCUT2D eigenvalue weighted by Crippen LogP contribution is -2.13. The molecule has 1 aromatic heterocycles. The molecule has 0 fully saturated rings. The van der Waals surface area contributed by atoms with E-state index in [1.54, 1.807) is 11.3 Å². The Morgan fingerprint density at radius 3 is 2.61 bits per heavy atom. The highest BCUT2D eigenvalue weighted by Gasteiger charge is 2.14. The van der Waals surface area contributed by atoms with E-state index in [1.165, 1.54) is 5.56 Å². The molecular weight excluding hydrogens is 242 g/mol. The highest BCUT2D eigenvalue weighted by atomic mass is 32.1. The molecule has 2 aromatic rings. The largest absolute Gasteiger partial charge is 0.393 e. The quantitative estimate of drug-likeness (QED) is 0.893. The van der Waals surface area contributed by atoms with Gasteiger partial charge in [-0.15, -0.1) is 11.3 Å². The summed E-state index contributed by atoms with van der Waals surface area (Å²) >= 11 is 1.63. The molecule has 1 N–H and O–H groups in total. The molecule has 0 saturated heterocycles. The number of thiazole rings is 1. The van der Waals surface area contributed by atoms with Gasteiger partial charge in [0.05, 0.1) is 11.1 Å². The molecule has 96 valence electrons. The number of nitrogens with zero attached hydrogens (tertiary/aromatic N) is 1. The van der Waals surface area contributed by atoms with Gasteiger partial charge >= 0.3 is 0 Å². The Hall–Kier alpha value is -1.19. The molecule has 0 aliphatic rings. The summed E-state index contributed by atoms with van der Waals surface area (Å²) in [6.45, 7) is 4.14. The van der Waals surface area contributed by atoms with Crippen LogP contribution in [0.25, 0.3) is 0 Å². The summed E-state index contributed by atoms with van der Waals surface area (Å²) in [5, 5.41) is 13.2. The van der Waals surface area contributed by atoms with Crippen LogP contribution < -0.4 is 0 Å². The van der Waals surface area contributed by atoms with Crippen molar-refractivity contribution in [2.45, 2.75) is 38.7 Å². The molecule has 0 saturated carbocycles. The lowest BCUT2D eigenvalue weighted by Gasteiger charge is -2.15. The molecule has 0 bridgehead atoms. The number of aryl methyl sites for hydroxylation is 1. The third-order valence-corrected chi connectivity index (χ3v) is 4.06. The Kier molecular flexibility index (Phi) is 4.50. The smallest absolute Gasteiger partial charge is 0.0953 e. The monoisotopic (exact) mass is 261 g/mol. The summed E-state index contributed by atoms with van der Waals surface area (Å²) in [7, 11) is 0. The van der Waals surface area contributed by atoms with Gasteiger partial charge in [0, 0.05) is 17.5 Å². The average molecular weight is 261 g/mol. The summed E-state index contributed by atoms with van der Waals surface area (Å²) in [4.78, 5) is 4.39. The van der Waals surface area contributed by atoms with Gasteiger partial charge in [-0.1, -0.05) is 37.3 Å². The van der Waals surface area contributed by atoms with Crippen LogP contribution in [0.5, 0.6) is 0 Å². The zero-order valence-corrected chi connectivity index (χ0v) is 11.7. The number of hydrogen-bond acceptors (Lipinski definition) is 3. The summed E-state index contributed by atoms with van der Waals surface area (Å²) in [6, 6.07) is 10.3. The Balaban J connectivity index is 1.89. The van der Waals surface area contributed by atoms with Crippen molar-refractivity contribution in [3.63, 3.8) is 0 Å². The van der Waals surface area contributed by atoms with Crippen molar-refractivity contribution >= 4 is 11.3 Å². The number of aliphatic hydroxyl groups is 1. The maximum atomic E-state index is 10.1. The van der Waals surface area contributed by atoms with Crippen LogP contribution in [0.3, 0.4) is 0 Å². The fourth-order valence-corrected chi connectivity index (χ4v) is 2.95. The number of aliphatic hydroxyl groups excluding tert-OH is 1. The SMILES string of the molecule is Cc1csc(CC(O)CC(C)c2ccccc2)n1. The zero-order valence-electron chi connectivity index (χ0n) is 10.8. The molecule has 18 heavy (non-hydrogen) atoms. The van der Waals surface area contributed by atoms with E-state index in [0.29, 0.717) is 12.3 Å². The van der Waals surface area contributed by atoms with Gasteiger partial charge in [-0.2, -0.15) is 0 Å². The molecular formula is C15H19NOS. The second kappa shape index (κ2) is 6.12. The van der Waals surface area contributed by atoms with Crippen molar-refractivity contribution in [1.29, 1.82) is 0 Å². The van der Waals surface area contributed by atoms with E-state index in [1.807, 2.05) is 30.5 Å². The number of rotatable bonds is 5. The maximum absolute atomic E-state index is 10.1. The van der Waals surface area contributed by atoms with E-state index in [2.05, 4.69) is 24.0 Å². The molecule has 0 aliphatic heterocycles. The third-order valence-electron chi connectivity index (χ3n) is 3.07. The van der Waals surface area contributed by atoms with Gasteiger partial charge in [0.2, 0.25) is 0 Å². The fourth-order valence-electron chi connectivity index (χ4n) is 2.11. The Labute approximate surface area is 112 Å². The zero-order chi connectivity index (χ0) is 13.0.